The molecule has 0 unspecified atom stereocenters. The Hall–Kier alpha value is -3.84. The van der Waals surface area contributed by atoms with Crippen LogP contribution in [-0.2, 0) is 0 Å². The Morgan fingerprint density at radius 3 is 2.78 bits per heavy atom. The van der Waals surface area contributed by atoms with E-state index in [1.165, 1.54) is 0 Å². The largest absolute Gasteiger partial charge is 0.436 e. The van der Waals surface area contributed by atoms with E-state index in [2.05, 4.69) is 15.5 Å². The summed E-state index contributed by atoms with van der Waals surface area (Å²) in [7, 11) is 0. The van der Waals surface area contributed by atoms with Crippen molar-refractivity contribution in [3.05, 3.63) is 42.5 Å². The summed E-state index contributed by atoms with van der Waals surface area (Å²) in [6.07, 6.45) is 0. The average molecular weight is 302 g/mol. The molecule has 0 saturated carbocycles. The van der Waals surface area contributed by atoms with Gasteiger partial charge < -0.3 is 10.2 Å². The van der Waals surface area contributed by atoms with E-state index >= 15 is 0 Å². The van der Waals surface area contributed by atoms with Crippen molar-refractivity contribution in [1.29, 1.82) is 10.5 Å². The number of hydrogen-bond acceptors (Lipinski definition) is 7. The molecule has 0 spiro atoms. The zero-order valence-electron chi connectivity index (χ0n) is 11.8. The van der Waals surface area contributed by atoms with Crippen molar-refractivity contribution in [2.75, 3.05) is 11.2 Å². The van der Waals surface area contributed by atoms with Crippen LogP contribution in [0.4, 0.5) is 11.4 Å². The molecule has 0 saturated heterocycles. The zero-order valence-corrected chi connectivity index (χ0v) is 11.8. The van der Waals surface area contributed by atoms with Gasteiger partial charge in [0.15, 0.2) is 5.58 Å². The molecule has 1 heterocycles. The van der Waals surface area contributed by atoms with E-state index in [9.17, 15) is 0 Å². The number of nitrogens with zero attached hydrogens (tertiary/aromatic N) is 4. The van der Waals surface area contributed by atoms with Crippen LogP contribution in [0.15, 0.2) is 52.0 Å². The molecule has 0 atom stereocenters. The molecule has 0 amide bonds. The highest BCUT2D eigenvalue weighted by Crippen LogP contribution is 2.27. The lowest BCUT2D eigenvalue weighted by Gasteiger charge is -2.01. The van der Waals surface area contributed by atoms with E-state index in [-0.39, 0.29) is 5.71 Å². The van der Waals surface area contributed by atoms with E-state index < -0.39 is 0 Å². The number of nitrogens with one attached hydrogen (secondary N) is 1. The number of oxazole rings is 1. The third kappa shape index (κ3) is 2.94. The van der Waals surface area contributed by atoms with E-state index in [0.717, 1.165) is 5.56 Å². The second kappa shape index (κ2) is 5.88. The number of nitrogen functional groups attached to an aromatic ring is 1. The summed E-state index contributed by atoms with van der Waals surface area (Å²) in [4.78, 5) is 4.40. The van der Waals surface area contributed by atoms with E-state index in [1.807, 2.05) is 6.07 Å². The Labute approximate surface area is 131 Å². The van der Waals surface area contributed by atoms with Gasteiger partial charge in [0.2, 0.25) is 11.6 Å². The van der Waals surface area contributed by atoms with Gasteiger partial charge in [0.05, 0.1) is 5.69 Å². The second-order valence-corrected chi connectivity index (χ2v) is 4.62. The lowest BCUT2D eigenvalue weighted by Crippen LogP contribution is -1.96. The van der Waals surface area contributed by atoms with Gasteiger partial charge in [-0.15, -0.1) is 0 Å². The maximum Gasteiger partial charge on any atom is 0.237 e. The molecule has 0 fully saturated rings. The Morgan fingerprint density at radius 2 is 2.00 bits per heavy atom. The summed E-state index contributed by atoms with van der Waals surface area (Å²) in [5, 5.41) is 21.0. The minimum Gasteiger partial charge on any atom is -0.436 e. The van der Waals surface area contributed by atoms with Crippen LogP contribution < -0.4 is 11.2 Å². The van der Waals surface area contributed by atoms with Gasteiger partial charge in [0.25, 0.3) is 0 Å². The molecule has 7 heteroatoms. The number of anilines is 2. The molecule has 0 bridgehead atoms. The zero-order chi connectivity index (χ0) is 16.2. The molecule has 3 aromatic rings. The molecular weight excluding hydrogens is 292 g/mol. The summed E-state index contributed by atoms with van der Waals surface area (Å²) >= 11 is 0. The minimum atomic E-state index is -0.257. The quantitative estimate of drug-likeness (QED) is 0.435. The van der Waals surface area contributed by atoms with Gasteiger partial charge in [-0.1, -0.05) is 6.07 Å². The lowest BCUT2D eigenvalue weighted by atomic mass is 10.2. The SMILES string of the molecule is N#CC(C#N)=NNc1cccc(-c2nc3cc(N)ccc3o2)c1. The Bertz CT molecular complexity index is 974. The van der Waals surface area contributed by atoms with Crippen LogP contribution in [0.2, 0.25) is 0 Å². The smallest absolute Gasteiger partial charge is 0.237 e. The van der Waals surface area contributed by atoms with Gasteiger partial charge in [-0.25, -0.2) is 4.98 Å². The molecule has 1 aromatic heterocycles. The Kier molecular flexibility index (Phi) is 3.61. The van der Waals surface area contributed by atoms with Crippen molar-refractivity contribution < 1.29 is 4.42 Å². The van der Waals surface area contributed by atoms with Crippen LogP contribution in [0.5, 0.6) is 0 Å². The predicted molar refractivity (Wildman–Crippen MR) is 86.1 cm³/mol. The van der Waals surface area contributed by atoms with Crippen molar-refractivity contribution in [3.63, 3.8) is 0 Å². The second-order valence-electron chi connectivity index (χ2n) is 4.62. The molecule has 23 heavy (non-hydrogen) atoms. The van der Waals surface area contributed by atoms with Crippen LogP contribution in [0.1, 0.15) is 0 Å². The fourth-order valence-corrected chi connectivity index (χ4v) is 1.99. The number of rotatable bonds is 3. The van der Waals surface area contributed by atoms with Crippen molar-refractivity contribution in [2.24, 2.45) is 5.10 Å². The molecule has 0 aliphatic heterocycles. The van der Waals surface area contributed by atoms with E-state index in [0.29, 0.717) is 28.4 Å². The third-order valence-corrected chi connectivity index (χ3v) is 3.03. The average Bonchev–Trinajstić information content (AvgIpc) is 2.99. The van der Waals surface area contributed by atoms with Crippen LogP contribution in [0.25, 0.3) is 22.6 Å². The lowest BCUT2D eigenvalue weighted by molar-refractivity contribution is 0.620. The standard InChI is InChI=1S/C16H10N6O/c17-8-13(9-18)22-21-12-3-1-2-10(6-12)16-20-14-7-11(19)4-5-15(14)23-16/h1-7,21H,19H2. The highest BCUT2D eigenvalue weighted by Gasteiger charge is 2.09. The molecule has 2 aromatic carbocycles. The van der Waals surface area contributed by atoms with Gasteiger partial charge in [-0.05, 0) is 36.4 Å². The molecule has 7 nitrogen and oxygen atoms in total. The Morgan fingerprint density at radius 1 is 1.17 bits per heavy atom. The van der Waals surface area contributed by atoms with Crippen LogP contribution in [0, 0.1) is 22.7 Å². The first-order valence-electron chi connectivity index (χ1n) is 6.60. The number of hydrazone groups is 1. The minimum absolute atomic E-state index is 0.257. The van der Waals surface area contributed by atoms with E-state index in [1.54, 1.807) is 48.5 Å². The molecule has 0 aliphatic rings. The molecule has 110 valence electrons. The summed E-state index contributed by atoms with van der Waals surface area (Å²) < 4.78 is 5.70. The fraction of sp³-hybridized carbons (Fsp3) is 0. The first kappa shape index (κ1) is 14.1. The monoisotopic (exact) mass is 302 g/mol. The maximum atomic E-state index is 8.66. The molecule has 3 N–H and O–H groups in total. The number of fused-ring (bicyclic) bond motifs is 1. The normalized spacial score (nSPS) is 9.83. The Balaban J connectivity index is 1.94. The van der Waals surface area contributed by atoms with Gasteiger partial charge in [0.1, 0.15) is 17.7 Å². The van der Waals surface area contributed by atoms with Crippen LogP contribution in [0.3, 0.4) is 0 Å². The maximum absolute atomic E-state index is 8.66. The number of nitrogens with two attached hydrogens (primary N) is 1. The third-order valence-electron chi connectivity index (χ3n) is 3.03. The summed E-state index contributed by atoms with van der Waals surface area (Å²) in [5.41, 5.74) is 11.4. The van der Waals surface area contributed by atoms with Crippen LogP contribution >= 0.6 is 0 Å². The predicted octanol–water partition coefficient (Wildman–Crippen LogP) is 2.89. The van der Waals surface area contributed by atoms with Crippen LogP contribution in [-0.4, -0.2) is 10.7 Å². The van der Waals surface area contributed by atoms with Crippen molar-refractivity contribution in [2.45, 2.75) is 0 Å². The van der Waals surface area contributed by atoms with Crippen molar-refractivity contribution >= 4 is 28.2 Å². The van der Waals surface area contributed by atoms with Gasteiger partial charge in [-0.3, -0.25) is 5.43 Å². The first-order chi connectivity index (χ1) is 11.2. The van der Waals surface area contributed by atoms with Crippen molar-refractivity contribution in [3.8, 4) is 23.6 Å². The highest BCUT2D eigenvalue weighted by molar-refractivity contribution is 6.10. The summed E-state index contributed by atoms with van der Waals surface area (Å²) in [5.74, 6) is 0.444. The van der Waals surface area contributed by atoms with Gasteiger partial charge in [0, 0.05) is 11.3 Å². The number of nitriles is 2. The summed E-state index contributed by atoms with van der Waals surface area (Å²) in [6.45, 7) is 0. The van der Waals surface area contributed by atoms with Gasteiger partial charge in [-0.2, -0.15) is 15.6 Å². The number of aromatic nitrogens is 1. The first-order valence-corrected chi connectivity index (χ1v) is 6.60. The van der Waals surface area contributed by atoms with Gasteiger partial charge >= 0.3 is 0 Å². The summed E-state index contributed by atoms with van der Waals surface area (Å²) in [6, 6.07) is 15.7. The molecule has 0 aliphatic carbocycles. The van der Waals surface area contributed by atoms with E-state index in [4.69, 9.17) is 20.7 Å². The van der Waals surface area contributed by atoms with Crippen molar-refractivity contribution in [1.82, 2.24) is 4.98 Å². The molecule has 3 rings (SSSR count). The molecule has 0 radical (unpaired) electrons. The topological polar surface area (TPSA) is 124 Å². The highest BCUT2D eigenvalue weighted by atomic mass is 16.3. The number of benzene rings is 2. The molecular formula is C16H10N6O. The number of hydrogen-bond donors (Lipinski definition) is 2. The fourth-order valence-electron chi connectivity index (χ4n) is 1.99.